The van der Waals surface area contributed by atoms with E-state index in [0.717, 1.165) is 33.4 Å². The average molecular weight is 671 g/mol. The lowest BCUT2D eigenvalue weighted by molar-refractivity contribution is 0.585. The van der Waals surface area contributed by atoms with Crippen LogP contribution in [-0.2, 0) is 16.6 Å². The zero-order valence-electron chi connectivity index (χ0n) is 24.1. The molecule has 1 aromatic heterocycles. The fourth-order valence-electron chi connectivity index (χ4n) is 4.13. The Balaban J connectivity index is 0.00000237. The van der Waals surface area contributed by atoms with Crippen LogP contribution < -0.4 is 10.0 Å². The summed E-state index contributed by atoms with van der Waals surface area (Å²) in [5, 5.41) is 8.53. The summed E-state index contributed by atoms with van der Waals surface area (Å²) >= 11 is 10.0. The first kappa shape index (κ1) is 33.3. The summed E-state index contributed by atoms with van der Waals surface area (Å²) in [5.74, 6) is 0.618. The van der Waals surface area contributed by atoms with Gasteiger partial charge < -0.3 is 5.32 Å². The van der Waals surface area contributed by atoms with Gasteiger partial charge in [-0.2, -0.15) is 5.10 Å². The molecule has 2 aromatic rings. The Morgan fingerprint density at radius 3 is 2.67 bits per heavy atom. The smallest absolute Gasteiger partial charge is 0.240 e. The Kier molecular flexibility index (Phi) is 13.0. The number of aromatic nitrogens is 2. The molecule has 4 rings (SSSR count). The van der Waals surface area contributed by atoms with Crippen LogP contribution >= 0.6 is 27.5 Å². The molecular weight excluding hydrogens is 634 g/mol. The number of nitrogens with one attached hydrogen (secondary N) is 2. The van der Waals surface area contributed by atoms with Gasteiger partial charge in [0.2, 0.25) is 10.0 Å². The first-order chi connectivity index (χ1) is 20.2. The van der Waals surface area contributed by atoms with E-state index in [2.05, 4.69) is 49.8 Å². The lowest BCUT2D eigenvalue weighted by Crippen LogP contribution is -2.26. The maximum atomic E-state index is 12.6. The van der Waals surface area contributed by atoms with Crippen LogP contribution in [0.5, 0.6) is 0 Å². The highest BCUT2D eigenvalue weighted by Crippen LogP contribution is 2.23. The van der Waals surface area contributed by atoms with Gasteiger partial charge in [0.05, 0.1) is 27.8 Å². The molecule has 0 saturated heterocycles. The van der Waals surface area contributed by atoms with Crippen molar-refractivity contribution < 1.29 is 8.42 Å². The van der Waals surface area contributed by atoms with Crippen LogP contribution in [0.2, 0.25) is 0 Å². The van der Waals surface area contributed by atoms with Gasteiger partial charge in [-0.3, -0.25) is 4.99 Å². The fourth-order valence-corrected chi connectivity index (χ4v) is 5.84. The second-order valence-electron chi connectivity index (χ2n) is 9.19. The predicted molar refractivity (Wildman–Crippen MR) is 179 cm³/mol. The minimum Gasteiger partial charge on any atom is -0.370 e. The van der Waals surface area contributed by atoms with Crippen molar-refractivity contribution in [2.75, 3.05) is 13.1 Å². The lowest BCUT2D eigenvalue weighted by Gasteiger charge is -2.16. The van der Waals surface area contributed by atoms with Crippen molar-refractivity contribution in [3.63, 3.8) is 0 Å². The minimum atomic E-state index is -3.60. The molecule has 0 bridgehead atoms. The molecule has 1 atom stereocenters. The van der Waals surface area contributed by atoms with E-state index in [1.54, 1.807) is 41.2 Å². The molecule has 2 N–H and O–H groups in total. The summed E-state index contributed by atoms with van der Waals surface area (Å²) in [5.41, 5.74) is 3.59. The van der Waals surface area contributed by atoms with Gasteiger partial charge in [0.15, 0.2) is 0 Å². The van der Waals surface area contributed by atoms with E-state index in [0.29, 0.717) is 23.9 Å². The number of rotatable bonds is 11. The van der Waals surface area contributed by atoms with Gasteiger partial charge in [0, 0.05) is 29.8 Å². The average Bonchev–Trinajstić information content (AvgIpc) is 3.14. The highest BCUT2D eigenvalue weighted by Gasteiger charge is 2.16. The zero-order chi connectivity index (χ0) is 30.5. The Hall–Kier alpha value is -3.24. The largest absolute Gasteiger partial charge is 0.370 e. The molecule has 1 aromatic carbocycles. The van der Waals surface area contributed by atoms with Crippen molar-refractivity contribution in [2.45, 2.75) is 38.6 Å². The van der Waals surface area contributed by atoms with Gasteiger partial charge in [-0.25, -0.2) is 17.8 Å². The zero-order valence-corrected chi connectivity index (χ0v) is 27.3. The molecule has 0 fully saturated rings. The number of halogens is 2. The molecule has 0 aliphatic heterocycles. The Labute approximate surface area is 263 Å². The summed E-state index contributed by atoms with van der Waals surface area (Å²) in [7, 11) is -3.60. The predicted octanol–water partition coefficient (Wildman–Crippen LogP) is 7.31. The molecular formula is C32H37BrClN5O2S. The quantitative estimate of drug-likeness (QED) is 0.246. The molecule has 2 aliphatic rings. The number of aliphatic imine (C=N–C) groups is 1. The number of hydrogen-bond donors (Lipinski definition) is 2. The van der Waals surface area contributed by atoms with Crippen LogP contribution in [0.1, 0.15) is 32.9 Å². The van der Waals surface area contributed by atoms with Crippen LogP contribution in [0.4, 0.5) is 0 Å². The second-order valence-corrected chi connectivity index (χ2v) is 12.2. The standard InChI is InChI=1S/C30H31BrClN5O2S.C2H6/c1-22(27-15-7-4-8-16-29(27)32)33-21-30-28(31)20-35-37(30)23(2)34-18-24-11-9-10-12-25(17-24)19-36-40(38,39)26-13-5-3-6-14-26;1-2/h3-14,16-17,20,24,34,36H,2,15,18-19,21H2,1H3;1-2H3. The van der Waals surface area contributed by atoms with Gasteiger partial charge in [-0.1, -0.05) is 98.8 Å². The molecule has 10 heteroatoms. The summed E-state index contributed by atoms with van der Waals surface area (Å²) in [6, 6.07) is 8.34. The van der Waals surface area contributed by atoms with Crippen LogP contribution in [-0.4, -0.2) is 37.0 Å². The first-order valence-electron chi connectivity index (χ1n) is 13.7. The van der Waals surface area contributed by atoms with E-state index >= 15 is 0 Å². The third-order valence-electron chi connectivity index (χ3n) is 6.35. The lowest BCUT2D eigenvalue weighted by atomic mass is 10.1. The molecule has 1 heterocycles. The van der Waals surface area contributed by atoms with Crippen LogP contribution in [0, 0.1) is 5.92 Å². The summed E-state index contributed by atoms with van der Waals surface area (Å²) in [4.78, 5) is 5.02. The number of sulfonamides is 1. The van der Waals surface area contributed by atoms with Crippen molar-refractivity contribution in [2.24, 2.45) is 10.9 Å². The fraction of sp³-hybridized carbons (Fsp3) is 0.250. The summed E-state index contributed by atoms with van der Waals surface area (Å²) < 4.78 is 30.5. The molecule has 222 valence electrons. The van der Waals surface area contributed by atoms with E-state index in [1.807, 2.05) is 63.3 Å². The van der Waals surface area contributed by atoms with Crippen molar-refractivity contribution in [1.82, 2.24) is 19.8 Å². The van der Waals surface area contributed by atoms with Gasteiger partial charge in [0.1, 0.15) is 5.82 Å². The van der Waals surface area contributed by atoms with Crippen molar-refractivity contribution in [1.29, 1.82) is 0 Å². The molecule has 0 saturated carbocycles. The van der Waals surface area contributed by atoms with E-state index in [-0.39, 0.29) is 17.4 Å². The number of allylic oxidation sites excluding steroid dienone is 8. The third-order valence-corrected chi connectivity index (χ3v) is 8.78. The molecule has 1 unspecified atom stereocenters. The number of benzene rings is 1. The topological polar surface area (TPSA) is 88.4 Å². The highest BCUT2D eigenvalue weighted by atomic mass is 79.9. The molecule has 0 spiro atoms. The van der Waals surface area contributed by atoms with Crippen LogP contribution in [0.15, 0.2) is 128 Å². The van der Waals surface area contributed by atoms with Gasteiger partial charge >= 0.3 is 0 Å². The van der Waals surface area contributed by atoms with Crippen LogP contribution in [0.3, 0.4) is 0 Å². The second kappa shape index (κ2) is 16.4. The number of hydrogen-bond acceptors (Lipinski definition) is 5. The molecule has 42 heavy (non-hydrogen) atoms. The maximum Gasteiger partial charge on any atom is 0.240 e. The van der Waals surface area contributed by atoms with E-state index < -0.39 is 10.0 Å². The Bertz CT molecular complexity index is 1560. The monoisotopic (exact) mass is 669 g/mol. The third kappa shape index (κ3) is 9.39. The molecule has 7 nitrogen and oxygen atoms in total. The Morgan fingerprint density at radius 2 is 1.90 bits per heavy atom. The summed E-state index contributed by atoms with van der Waals surface area (Å²) in [6.07, 6.45) is 20.1. The maximum absolute atomic E-state index is 12.6. The highest BCUT2D eigenvalue weighted by molar-refractivity contribution is 9.10. The molecule has 0 radical (unpaired) electrons. The molecule has 0 amide bonds. The van der Waals surface area contributed by atoms with Gasteiger partial charge in [-0.05, 0) is 58.6 Å². The first-order valence-corrected chi connectivity index (χ1v) is 16.4. The van der Waals surface area contributed by atoms with Crippen molar-refractivity contribution in [3.8, 4) is 0 Å². The Morgan fingerprint density at radius 1 is 1.17 bits per heavy atom. The minimum absolute atomic E-state index is 0.0103. The van der Waals surface area contributed by atoms with E-state index in [4.69, 9.17) is 16.6 Å². The van der Waals surface area contributed by atoms with E-state index in [1.165, 1.54) is 0 Å². The van der Waals surface area contributed by atoms with Crippen molar-refractivity contribution in [3.05, 3.63) is 124 Å². The number of nitrogens with zero attached hydrogens (tertiary/aromatic N) is 3. The SMILES string of the molecule is C=C(NCC1C=CC=CC(CNS(=O)(=O)c2ccccc2)=C1)n1ncc(Br)c1CN=C(C)C1=C(Cl)C=CC=CC1.CC. The van der Waals surface area contributed by atoms with Gasteiger partial charge in [-0.15, -0.1) is 0 Å². The molecule has 2 aliphatic carbocycles. The van der Waals surface area contributed by atoms with Gasteiger partial charge in [0.25, 0.3) is 0 Å². The van der Waals surface area contributed by atoms with Crippen molar-refractivity contribution >= 4 is 49.1 Å². The normalized spacial score (nSPS) is 16.8. The summed E-state index contributed by atoms with van der Waals surface area (Å²) in [6.45, 7) is 11.3. The van der Waals surface area contributed by atoms with E-state index in [9.17, 15) is 8.42 Å². The van der Waals surface area contributed by atoms with Crippen LogP contribution in [0.25, 0.3) is 5.82 Å².